The number of thioether (sulfide) groups is 1. The van der Waals surface area contributed by atoms with Gasteiger partial charge in [-0.3, -0.25) is 4.79 Å². The molecule has 3 rings (SSSR count). The van der Waals surface area contributed by atoms with Crippen molar-refractivity contribution in [3.63, 3.8) is 0 Å². The van der Waals surface area contributed by atoms with Gasteiger partial charge in [0.1, 0.15) is 11.5 Å². The minimum Gasteiger partial charge on any atom is -0.465 e. The van der Waals surface area contributed by atoms with Gasteiger partial charge in [-0.1, -0.05) is 12.1 Å². The summed E-state index contributed by atoms with van der Waals surface area (Å²) in [6, 6.07) is 12.0. The number of hydrogen-bond acceptors (Lipinski definition) is 4. The maximum atomic E-state index is 12.1. The van der Waals surface area contributed by atoms with E-state index in [4.69, 9.17) is 4.42 Å². The maximum absolute atomic E-state index is 12.1. The Morgan fingerprint density at radius 1 is 1.33 bits per heavy atom. The Bertz CT molecular complexity index is 639. The fraction of sp³-hybridized carbons (Fsp3) is 0.312. The van der Waals surface area contributed by atoms with Gasteiger partial charge in [-0.15, -0.1) is 11.8 Å². The molecule has 0 spiro atoms. The van der Waals surface area contributed by atoms with Crippen LogP contribution >= 0.6 is 11.8 Å². The van der Waals surface area contributed by atoms with Gasteiger partial charge in [0, 0.05) is 17.2 Å². The third kappa shape index (κ3) is 3.42. The molecule has 1 N–H and O–H groups in total. The summed E-state index contributed by atoms with van der Waals surface area (Å²) in [7, 11) is 0. The van der Waals surface area contributed by atoms with E-state index in [9.17, 15) is 4.79 Å². The molecule has 4 nitrogen and oxygen atoms in total. The first-order chi connectivity index (χ1) is 10.2. The molecule has 0 saturated carbocycles. The fourth-order valence-electron chi connectivity index (χ4n) is 2.39. The van der Waals surface area contributed by atoms with Gasteiger partial charge < -0.3 is 14.6 Å². The first-order valence-corrected chi connectivity index (χ1v) is 8.00. The molecule has 1 aliphatic heterocycles. The fourth-order valence-corrected chi connectivity index (χ4v) is 3.44. The summed E-state index contributed by atoms with van der Waals surface area (Å²) in [5.74, 6) is 2.68. The second kappa shape index (κ2) is 6.26. The average molecular weight is 302 g/mol. The normalized spacial score (nSPS) is 13.9. The van der Waals surface area contributed by atoms with Crippen LogP contribution in [0, 0.1) is 6.92 Å². The number of nitrogens with zero attached hydrogens (tertiary/aromatic N) is 1. The summed E-state index contributed by atoms with van der Waals surface area (Å²) in [5, 5.41) is 2.91. The third-order valence-corrected chi connectivity index (χ3v) is 4.46. The van der Waals surface area contributed by atoms with Crippen LogP contribution < -0.4 is 10.2 Å². The zero-order chi connectivity index (χ0) is 14.7. The number of hydrogen-bond donors (Lipinski definition) is 1. The topological polar surface area (TPSA) is 45.5 Å². The van der Waals surface area contributed by atoms with Gasteiger partial charge in [-0.05, 0) is 31.2 Å². The molecule has 0 fully saturated rings. The lowest BCUT2D eigenvalue weighted by Crippen LogP contribution is -2.39. The Kier molecular flexibility index (Phi) is 4.20. The van der Waals surface area contributed by atoms with Crippen LogP contribution in [-0.4, -0.2) is 24.7 Å². The number of fused-ring (bicyclic) bond motifs is 1. The van der Waals surface area contributed by atoms with E-state index in [1.807, 2.05) is 43.0 Å². The van der Waals surface area contributed by atoms with Crippen molar-refractivity contribution in [2.24, 2.45) is 0 Å². The van der Waals surface area contributed by atoms with Crippen LogP contribution in [0.25, 0.3) is 0 Å². The second-order valence-electron chi connectivity index (χ2n) is 5.03. The molecule has 1 aromatic carbocycles. The van der Waals surface area contributed by atoms with Crippen LogP contribution in [0.4, 0.5) is 5.69 Å². The van der Waals surface area contributed by atoms with Gasteiger partial charge in [0.2, 0.25) is 5.91 Å². The summed E-state index contributed by atoms with van der Waals surface area (Å²) in [4.78, 5) is 15.5. The molecule has 0 saturated heterocycles. The Morgan fingerprint density at radius 2 is 2.19 bits per heavy atom. The molecule has 0 atom stereocenters. The minimum atomic E-state index is 0.0192. The highest BCUT2D eigenvalue weighted by molar-refractivity contribution is 7.99. The Hall–Kier alpha value is -1.88. The van der Waals surface area contributed by atoms with Gasteiger partial charge in [-0.25, -0.2) is 0 Å². The molecule has 2 aromatic rings. The molecule has 0 radical (unpaired) electrons. The predicted molar refractivity (Wildman–Crippen MR) is 84.7 cm³/mol. The summed E-state index contributed by atoms with van der Waals surface area (Å²) in [5.41, 5.74) is 1.15. The number of benzene rings is 1. The zero-order valence-electron chi connectivity index (χ0n) is 12.0. The average Bonchev–Trinajstić information content (AvgIpc) is 2.91. The van der Waals surface area contributed by atoms with Crippen molar-refractivity contribution in [2.45, 2.75) is 18.4 Å². The van der Waals surface area contributed by atoms with E-state index in [1.54, 1.807) is 0 Å². The zero-order valence-corrected chi connectivity index (χ0v) is 12.8. The van der Waals surface area contributed by atoms with Gasteiger partial charge in [0.15, 0.2) is 0 Å². The van der Waals surface area contributed by atoms with Gasteiger partial charge in [0.05, 0.1) is 18.8 Å². The van der Waals surface area contributed by atoms with Crippen molar-refractivity contribution in [3.05, 3.63) is 47.9 Å². The van der Waals surface area contributed by atoms with Crippen LogP contribution in [0.15, 0.2) is 45.7 Å². The van der Waals surface area contributed by atoms with Crippen molar-refractivity contribution >= 4 is 23.4 Å². The number of nitrogens with one attached hydrogen (secondary N) is 1. The molecule has 110 valence electrons. The molecule has 1 aromatic heterocycles. The van der Waals surface area contributed by atoms with Gasteiger partial charge in [0.25, 0.3) is 0 Å². The SMILES string of the molecule is Cc1ccc(CNC(=O)CN2CCSc3ccccc32)o1. The van der Waals surface area contributed by atoms with Gasteiger partial charge in [-0.2, -0.15) is 0 Å². The highest BCUT2D eigenvalue weighted by atomic mass is 32.2. The highest BCUT2D eigenvalue weighted by Crippen LogP contribution is 2.33. The van der Waals surface area contributed by atoms with Crippen LogP contribution in [0.2, 0.25) is 0 Å². The summed E-state index contributed by atoms with van der Waals surface area (Å²) in [6.45, 7) is 3.62. The number of aryl methyl sites for hydroxylation is 1. The molecule has 21 heavy (non-hydrogen) atoms. The quantitative estimate of drug-likeness (QED) is 0.943. The molecule has 1 amide bonds. The van der Waals surface area contributed by atoms with Crippen LogP contribution in [0.1, 0.15) is 11.5 Å². The molecule has 2 heterocycles. The second-order valence-corrected chi connectivity index (χ2v) is 6.16. The summed E-state index contributed by atoms with van der Waals surface area (Å²) >= 11 is 1.84. The predicted octanol–water partition coefficient (Wildman–Crippen LogP) is 2.82. The van der Waals surface area contributed by atoms with Crippen molar-refractivity contribution < 1.29 is 9.21 Å². The number of anilines is 1. The lowest BCUT2D eigenvalue weighted by Gasteiger charge is -2.30. The van der Waals surface area contributed by atoms with Crippen LogP contribution in [0.5, 0.6) is 0 Å². The standard InChI is InChI=1S/C16H18N2O2S/c1-12-6-7-13(20-12)10-17-16(19)11-18-8-9-21-15-5-3-2-4-14(15)18/h2-7H,8-11H2,1H3,(H,17,19). The molecular weight excluding hydrogens is 284 g/mol. The molecule has 1 aliphatic rings. The Morgan fingerprint density at radius 3 is 3.00 bits per heavy atom. The van der Waals surface area contributed by atoms with E-state index in [0.717, 1.165) is 29.5 Å². The smallest absolute Gasteiger partial charge is 0.239 e. The molecule has 0 bridgehead atoms. The molecule has 0 aliphatic carbocycles. The van der Waals surface area contributed by atoms with Crippen LogP contribution in [-0.2, 0) is 11.3 Å². The number of carbonyl (C=O) groups excluding carboxylic acids is 1. The van der Waals surface area contributed by atoms with Crippen LogP contribution in [0.3, 0.4) is 0 Å². The van der Waals surface area contributed by atoms with E-state index in [-0.39, 0.29) is 5.91 Å². The van der Waals surface area contributed by atoms with E-state index in [2.05, 4.69) is 22.3 Å². The van der Waals surface area contributed by atoms with E-state index >= 15 is 0 Å². The number of rotatable bonds is 4. The Labute approximate surface area is 128 Å². The first-order valence-electron chi connectivity index (χ1n) is 7.01. The summed E-state index contributed by atoms with van der Waals surface area (Å²) < 4.78 is 5.45. The number of carbonyl (C=O) groups is 1. The van der Waals surface area contributed by atoms with Crippen molar-refractivity contribution in [3.8, 4) is 0 Å². The monoisotopic (exact) mass is 302 g/mol. The largest absolute Gasteiger partial charge is 0.465 e. The molecular formula is C16H18N2O2S. The minimum absolute atomic E-state index is 0.0192. The van der Waals surface area contributed by atoms with Crippen molar-refractivity contribution in [2.75, 3.05) is 23.7 Å². The van der Waals surface area contributed by atoms with E-state index in [0.29, 0.717) is 13.1 Å². The lowest BCUT2D eigenvalue weighted by atomic mass is 10.2. The Balaban J connectivity index is 1.58. The van der Waals surface area contributed by atoms with E-state index in [1.165, 1.54) is 4.90 Å². The van der Waals surface area contributed by atoms with Gasteiger partial charge >= 0.3 is 0 Å². The lowest BCUT2D eigenvalue weighted by molar-refractivity contribution is -0.120. The molecule has 5 heteroatoms. The third-order valence-electron chi connectivity index (χ3n) is 3.41. The number of para-hydroxylation sites is 1. The maximum Gasteiger partial charge on any atom is 0.239 e. The van der Waals surface area contributed by atoms with Crippen molar-refractivity contribution in [1.29, 1.82) is 0 Å². The summed E-state index contributed by atoms with van der Waals surface area (Å²) in [6.07, 6.45) is 0. The van der Waals surface area contributed by atoms with Crippen molar-refractivity contribution in [1.82, 2.24) is 5.32 Å². The first kappa shape index (κ1) is 14.1. The number of amides is 1. The number of furan rings is 1. The van der Waals surface area contributed by atoms with E-state index < -0.39 is 0 Å². The molecule has 0 unspecified atom stereocenters. The highest BCUT2D eigenvalue weighted by Gasteiger charge is 2.19.